The first-order valence-corrected chi connectivity index (χ1v) is 42.5. The molecule has 0 saturated carbocycles. The third-order valence-electron chi connectivity index (χ3n) is 17.7. The molecule has 0 saturated heterocycles. The van der Waals surface area contributed by atoms with Crippen molar-refractivity contribution < 1.29 is 47.9 Å². The van der Waals surface area contributed by atoms with Gasteiger partial charge in [-0.25, -0.2) is 14.4 Å². The minimum Gasteiger partial charge on any atom is -0.453 e. The van der Waals surface area contributed by atoms with Crippen molar-refractivity contribution in [3.8, 4) is 75.3 Å². The number of benzene rings is 5. The van der Waals surface area contributed by atoms with Gasteiger partial charge in [0, 0.05) is 104 Å². The number of aromatic nitrogens is 13. The Bertz CT molecular complexity index is 7530. The number of anilines is 2. The largest absolute Gasteiger partial charge is 0.453 e. The van der Waals surface area contributed by atoms with E-state index in [0.717, 1.165) is 51.2 Å². The molecule has 0 bridgehead atoms. The topological polar surface area (TPSA) is 539 Å². The molecule has 0 aliphatic rings. The summed E-state index contributed by atoms with van der Waals surface area (Å²) in [5.41, 5.74) is 7.79. The quantitative estimate of drug-likeness (QED) is 0.0153. The van der Waals surface area contributed by atoms with Crippen LogP contribution in [0.1, 0.15) is 34.9 Å². The number of alkyl carbamates (subject to hydrolysis) is 1. The number of nitro groups is 2. The van der Waals surface area contributed by atoms with Gasteiger partial charge >= 0.3 is 17.5 Å². The van der Waals surface area contributed by atoms with E-state index >= 15 is 0 Å². The van der Waals surface area contributed by atoms with E-state index in [4.69, 9.17) is 156 Å². The summed E-state index contributed by atoms with van der Waals surface area (Å²) in [4.78, 5) is 150. The Hall–Kier alpha value is -16.1. The van der Waals surface area contributed by atoms with Gasteiger partial charge in [0.1, 0.15) is 35.1 Å². The molecule has 0 unspecified atom stereocenters. The van der Waals surface area contributed by atoms with E-state index in [1.54, 1.807) is 129 Å². The molecular weight excluding hydrogens is 2010 g/mol. The first-order valence-electron chi connectivity index (χ1n) is 38.8. The Labute approximate surface area is 824 Å². The van der Waals surface area contributed by atoms with Crippen molar-refractivity contribution in [2.45, 2.75) is 33.1 Å². The average Bonchev–Trinajstić information content (AvgIpc) is 0.779. The number of nitrogen functional groups attached to an aromatic ring is 1. The van der Waals surface area contributed by atoms with Gasteiger partial charge in [-0.15, -0.1) is 5.10 Å². The Kier molecular flexibility index (Phi) is 36.1. The highest BCUT2D eigenvalue weighted by molar-refractivity contribution is 6.47. The second-order valence-corrected chi connectivity index (χ2v) is 31.4. The zero-order valence-corrected chi connectivity index (χ0v) is 77.5. The summed E-state index contributed by atoms with van der Waals surface area (Å²) < 4.78 is 39.6. The summed E-state index contributed by atoms with van der Waals surface area (Å²) in [6.45, 7) is 2.97. The minimum absolute atomic E-state index is 0.00363. The number of pyridine rings is 8. The summed E-state index contributed by atoms with van der Waals surface area (Å²) in [7, 11) is 0. The van der Waals surface area contributed by atoms with E-state index in [2.05, 4.69) is 50.3 Å². The molecule has 10 heterocycles. The number of halogens is 10. The van der Waals surface area contributed by atoms with Gasteiger partial charge < -0.3 is 57.4 Å². The van der Waals surface area contributed by atoms with Crippen molar-refractivity contribution in [3.63, 3.8) is 0 Å². The van der Waals surface area contributed by atoms with Crippen molar-refractivity contribution >= 4 is 156 Å². The van der Waals surface area contributed by atoms with Crippen molar-refractivity contribution in [2.24, 2.45) is 5.10 Å². The number of aromatic amines is 2. The van der Waals surface area contributed by atoms with Gasteiger partial charge in [0.2, 0.25) is 11.4 Å². The van der Waals surface area contributed by atoms with Gasteiger partial charge in [0.25, 0.3) is 45.1 Å². The molecule has 0 atom stereocenters. The first kappa shape index (κ1) is 102. The van der Waals surface area contributed by atoms with Crippen LogP contribution in [0.2, 0.25) is 50.2 Å². The highest BCUT2D eigenvalue weighted by atomic mass is 35.5. The number of non-ortho nitro benzene ring substituents is 2. The third-order valence-corrected chi connectivity index (χ3v) is 20.5. The van der Waals surface area contributed by atoms with Crippen molar-refractivity contribution in [1.82, 2.24) is 68.3 Å². The number of H-pyrrole nitrogens is 2. The standard InChI is InChI=1S/C23H18Cl2N6O5.C21H12Cl2N6O4.C17H11Cl2N3O4.C17H13Cl2N3O2.C10H5Cl2N3O4/c1-2-35-23(34)28-22(33)19(11-26)30-29-15-9-17(24)21(18(25)10-15)36-16-3-4-20(32)31(13-16)12-14-5-7-27-8-6-14;22-15-7-13(29-21(32)26-20(31)17(9-24)27-29)8-16(23)19(15)33-14-1-2-18(30)28(11-14)10-12-3-5-25-6-4-12;18-14-7-12(22(24)25)8-15(19)17(14)26-13-1-2-16(23)21(10-13)9-11-3-5-20-6-4-11;18-14-7-12(20)8-15(19)17(14)24-13-1-2-16(23)22(10-13)9-11-3-5-21-6-4-11;11-7-1-5(15(17)18)2-8(12)9(7)19-6-3-13-10(16)14-4-6/h3-10,13,29H,2,12H2,1H3,(H,28,33,34);1-8,11H,10H2,(H,26,31,32);1-8,10H,9H2;1-8,10H,9,20H2;1-4H,(H,13,14,16). The van der Waals surface area contributed by atoms with Crippen LogP contribution in [0.25, 0.3) is 5.69 Å². The molecule has 0 radical (unpaired) electrons. The fraction of sp³-hybridized carbons (Fsp3) is 0.0682. The third kappa shape index (κ3) is 29.0. The maximum atomic E-state index is 12.2. The Balaban J connectivity index is 0.000000168. The maximum absolute atomic E-state index is 12.2. The average molecular weight is 2070 g/mol. The lowest BCUT2D eigenvalue weighted by atomic mass is 10.2. The number of hydrogen-bond acceptors (Lipinski definition) is 30. The summed E-state index contributed by atoms with van der Waals surface area (Å²) >= 11 is 61.3. The van der Waals surface area contributed by atoms with E-state index in [9.17, 15) is 63.4 Å². The predicted molar refractivity (Wildman–Crippen MR) is 512 cm³/mol. The number of nitrogens with zero attached hydrogens (tertiary/aromatic N) is 16. The van der Waals surface area contributed by atoms with E-state index in [0.29, 0.717) is 70.7 Å². The van der Waals surface area contributed by atoms with Crippen LogP contribution in [0.15, 0.2) is 283 Å². The smallest absolute Gasteiger partial charge is 0.414 e. The van der Waals surface area contributed by atoms with Crippen LogP contribution in [0.5, 0.6) is 57.5 Å². The van der Waals surface area contributed by atoms with E-state index in [1.807, 2.05) is 22.4 Å². The van der Waals surface area contributed by atoms with Crippen molar-refractivity contribution in [1.29, 1.82) is 10.5 Å². The van der Waals surface area contributed by atoms with Crippen LogP contribution in [0, 0.1) is 42.9 Å². The molecular formula is C88H59Cl10N21O19. The summed E-state index contributed by atoms with van der Waals surface area (Å²) in [6.07, 6.45) is 20.7. The number of ether oxygens (including phenoxy) is 6. The molecule has 50 heteroatoms. The number of nitro benzene ring substituents is 2. The number of rotatable bonds is 25. The number of carbonyl (C=O) groups excluding carboxylic acids is 2. The molecule has 0 aliphatic carbocycles. The lowest BCUT2D eigenvalue weighted by Gasteiger charge is -2.13. The fourth-order valence-corrected chi connectivity index (χ4v) is 14.2. The molecule has 0 fully saturated rings. The highest BCUT2D eigenvalue weighted by Crippen LogP contribution is 2.44. The highest BCUT2D eigenvalue weighted by Gasteiger charge is 2.23. The molecule has 15 rings (SSSR count). The molecule has 15 aromatic rings. The van der Waals surface area contributed by atoms with Gasteiger partial charge in [-0.1, -0.05) is 116 Å². The molecule has 700 valence electrons. The van der Waals surface area contributed by atoms with Gasteiger partial charge in [0.15, 0.2) is 34.5 Å². The van der Waals surface area contributed by atoms with Crippen LogP contribution in [-0.2, 0) is 35.7 Å². The van der Waals surface area contributed by atoms with E-state index < -0.39 is 50.2 Å². The first-order chi connectivity index (χ1) is 66.1. The van der Waals surface area contributed by atoms with Crippen LogP contribution in [-0.4, -0.2) is 97.1 Å². The van der Waals surface area contributed by atoms with Crippen molar-refractivity contribution in [2.75, 3.05) is 17.8 Å². The van der Waals surface area contributed by atoms with Gasteiger partial charge in [-0.2, -0.15) is 25.3 Å². The van der Waals surface area contributed by atoms with E-state index in [-0.39, 0.29) is 121 Å². The number of imide groups is 1. The summed E-state index contributed by atoms with van der Waals surface area (Å²) in [5.74, 6) is 1.11. The number of hydrogen-bond donors (Lipinski definition) is 5. The second-order valence-electron chi connectivity index (χ2n) is 27.3. The number of nitrogens with two attached hydrogens (primary N) is 1. The SMILES string of the molecule is CCOC(=O)NC(=O)C(C#N)=NNc1cc(Cl)c(Oc2ccc(=O)n(Cc3ccncc3)c2)c(Cl)c1.N#Cc1nn(-c2cc(Cl)c(Oc3ccc(=O)n(Cc4ccncc4)c3)c(Cl)c2)c(=O)[nH]c1=O.Nc1cc(Cl)c(Oc2ccc(=O)n(Cc3ccncc3)c2)c(Cl)c1.O=c1ccc(Oc2c(Cl)cc([N+](=O)[O-])cc2Cl)cn1Cc1ccncc1.O=c1ncc(Oc2c(Cl)cc([N+](=O)[O-])cc2Cl)c[nH]1. The zero-order valence-electron chi connectivity index (χ0n) is 69.9. The minimum atomic E-state index is -1.05. The van der Waals surface area contributed by atoms with Crippen LogP contribution < -0.4 is 79.3 Å². The lowest BCUT2D eigenvalue weighted by molar-refractivity contribution is -0.385. The molecule has 0 aliphatic heterocycles. The number of amides is 2. The molecule has 138 heavy (non-hydrogen) atoms. The molecule has 10 aromatic heterocycles. The molecule has 40 nitrogen and oxygen atoms in total. The predicted octanol–water partition coefficient (Wildman–Crippen LogP) is 17.5. The Morgan fingerprint density at radius 2 is 0.797 bits per heavy atom. The van der Waals surface area contributed by atoms with Gasteiger partial charge in [0.05, 0.1) is 141 Å². The molecule has 5 aromatic carbocycles. The fourth-order valence-electron chi connectivity index (χ4n) is 11.4. The van der Waals surface area contributed by atoms with Crippen LogP contribution in [0.4, 0.5) is 27.5 Å². The van der Waals surface area contributed by atoms with Crippen molar-refractivity contribution in [3.05, 3.63) is 416 Å². The number of carbonyl (C=O) groups is 2. The Morgan fingerprint density at radius 3 is 1.11 bits per heavy atom. The summed E-state index contributed by atoms with van der Waals surface area (Å²) in [6, 6.07) is 42.2. The molecule has 2 amide bonds. The maximum Gasteiger partial charge on any atom is 0.414 e. The van der Waals surface area contributed by atoms with Gasteiger partial charge in [-0.3, -0.25) is 84.7 Å². The number of hydrazone groups is 1. The van der Waals surface area contributed by atoms with Crippen LogP contribution >= 0.6 is 116 Å². The second kappa shape index (κ2) is 48.7. The monoisotopic (exact) mass is 2060 g/mol. The zero-order chi connectivity index (χ0) is 99.4. The number of nitriles is 2. The van der Waals surface area contributed by atoms with Crippen LogP contribution in [0.3, 0.4) is 0 Å². The van der Waals surface area contributed by atoms with Gasteiger partial charge in [-0.05, 0) is 138 Å². The molecule has 6 N–H and O–H groups in total. The number of nitrogens with one attached hydrogen (secondary N) is 4. The lowest BCUT2D eigenvalue weighted by Crippen LogP contribution is -2.36. The normalized spacial score (nSPS) is 10.6. The molecule has 0 spiro atoms. The summed E-state index contributed by atoms with van der Waals surface area (Å²) in [5, 5.41) is 49.6. The Morgan fingerprint density at radius 1 is 0.471 bits per heavy atom. The van der Waals surface area contributed by atoms with E-state index in [1.165, 1.54) is 116 Å².